The highest BCUT2D eigenvalue weighted by molar-refractivity contribution is 7.85. The van der Waals surface area contributed by atoms with E-state index < -0.39 is 113 Å². The van der Waals surface area contributed by atoms with E-state index in [9.17, 15) is 61.1 Å². The number of hydrogen-bond acceptors (Lipinski definition) is 2. The Balaban J connectivity index is 0.000000295. The predicted molar refractivity (Wildman–Crippen MR) is 112 cm³/mol. The SMILES string of the molecule is Cc1c(F)c(F)c(C)c(F)c1F.Cc1c(F)c(F)c(C)c(F)c1F.Cc1c(F)c(F)c(S(=O)(=O)O)c(F)c1F. The van der Waals surface area contributed by atoms with E-state index in [1.165, 1.54) is 0 Å². The highest BCUT2D eigenvalue weighted by Gasteiger charge is 2.30. The van der Waals surface area contributed by atoms with Crippen molar-refractivity contribution in [2.24, 2.45) is 0 Å². The molecule has 0 radical (unpaired) electrons. The highest BCUT2D eigenvalue weighted by Crippen LogP contribution is 2.27. The summed E-state index contributed by atoms with van der Waals surface area (Å²) >= 11 is 0. The fourth-order valence-corrected chi connectivity index (χ4v) is 3.28. The van der Waals surface area contributed by atoms with Crippen molar-refractivity contribution >= 4 is 10.1 Å². The maximum Gasteiger partial charge on any atom is 0.300 e. The monoisotopic (exact) mass is 600 g/mol. The van der Waals surface area contributed by atoms with E-state index in [2.05, 4.69) is 0 Å². The molecule has 0 aliphatic heterocycles. The van der Waals surface area contributed by atoms with Crippen molar-refractivity contribution in [3.05, 3.63) is 97.6 Å². The van der Waals surface area contributed by atoms with E-state index in [0.717, 1.165) is 34.6 Å². The third-order valence-corrected chi connectivity index (χ3v) is 5.98. The van der Waals surface area contributed by atoms with Crippen molar-refractivity contribution in [2.45, 2.75) is 39.5 Å². The highest BCUT2D eigenvalue weighted by atomic mass is 32.2. The molecule has 216 valence electrons. The lowest BCUT2D eigenvalue weighted by molar-refractivity contribution is 0.398. The Morgan fingerprint density at radius 1 is 0.359 bits per heavy atom. The fraction of sp³-hybridized carbons (Fsp3) is 0.217. The molecule has 0 amide bonds. The third kappa shape index (κ3) is 6.66. The first kappa shape index (κ1) is 33.8. The summed E-state index contributed by atoms with van der Waals surface area (Å²) in [7, 11) is -5.36. The van der Waals surface area contributed by atoms with Crippen molar-refractivity contribution in [3.63, 3.8) is 0 Å². The van der Waals surface area contributed by atoms with Crippen LogP contribution in [0.1, 0.15) is 27.8 Å². The van der Waals surface area contributed by atoms with Crippen molar-refractivity contribution in [1.82, 2.24) is 0 Å². The summed E-state index contributed by atoms with van der Waals surface area (Å²) in [6.07, 6.45) is 0. The second-order valence-electron chi connectivity index (χ2n) is 7.70. The molecule has 1 N–H and O–H groups in total. The van der Waals surface area contributed by atoms with Crippen molar-refractivity contribution in [1.29, 1.82) is 0 Å². The largest absolute Gasteiger partial charge is 0.300 e. The fourth-order valence-electron chi connectivity index (χ4n) is 2.65. The Labute approximate surface area is 213 Å². The number of hydrogen-bond donors (Lipinski definition) is 1. The molecule has 3 aromatic rings. The van der Waals surface area contributed by atoms with Gasteiger partial charge in [-0.25, -0.2) is 52.7 Å². The van der Waals surface area contributed by atoms with Crippen molar-refractivity contribution in [3.8, 4) is 0 Å². The molecule has 0 aromatic heterocycles. The van der Waals surface area contributed by atoms with Gasteiger partial charge in [0.15, 0.2) is 74.7 Å². The summed E-state index contributed by atoms with van der Waals surface area (Å²) in [6.45, 7) is 4.66. The molecule has 0 aliphatic carbocycles. The average molecular weight is 600 g/mol. The van der Waals surface area contributed by atoms with Crippen LogP contribution in [0.3, 0.4) is 0 Å². The van der Waals surface area contributed by atoms with Crippen LogP contribution in [-0.2, 0) is 10.1 Å². The van der Waals surface area contributed by atoms with E-state index in [4.69, 9.17) is 4.55 Å². The van der Waals surface area contributed by atoms with Gasteiger partial charge in [0.05, 0.1) is 0 Å². The van der Waals surface area contributed by atoms with E-state index in [-0.39, 0.29) is 0 Å². The van der Waals surface area contributed by atoms with Crippen LogP contribution in [0.4, 0.5) is 52.7 Å². The Kier molecular flexibility index (Phi) is 10.6. The minimum atomic E-state index is -5.36. The molecule has 3 rings (SSSR count). The molecule has 39 heavy (non-hydrogen) atoms. The van der Waals surface area contributed by atoms with E-state index in [1.54, 1.807) is 0 Å². The molecule has 3 aromatic carbocycles. The van der Waals surface area contributed by atoms with Crippen molar-refractivity contribution < 1.29 is 65.7 Å². The van der Waals surface area contributed by atoms with Crippen LogP contribution in [0.25, 0.3) is 0 Å². The van der Waals surface area contributed by atoms with E-state index in [0.29, 0.717) is 0 Å². The first-order valence-corrected chi connectivity index (χ1v) is 11.4. The standard InChI is InChI=1S/2C8H6F4.C7H4F4O3S/c2*1-3-5(9)7(11)4(2)8(12)6(3)10;1-2-3(8)5(10)7(15(12,13)14)6(11)4(2)9/h2*1-2H3;1H3,(H,12,13,14). The molecule has 0 aliphatic rings. The second kappa shape index (κ2) is 12.3. The molecule has 0 bridgehead atoms. The quantitative estimate of drug-likeness (QED) is 0.179. The second-order valence-corrected chi connectivity index (χ2v) is 9.06. The molecule has 16 heteroatoms. The summed E-state index contributed by atoms with van der Waals surface area (Å²) in [5.74, 6) is -18.6. The summed E-state index contributed by atoms with van der Waals surface area (Å²) < 4.78 is 182. The number of rotatable bonds is 1. The lowest BCUT2D eigenvalue weighted by atomic mass is 10.1. The molecule has 0 heterocycles. The first-order chi connectivity index (χ1) is 17.6. The molecular weight excluding hydrogens is 584 g/mol. The Hall–Kier alpha value is -3.27. The van der Waals surface area contributed by atoms with Crippen LogP contribution in [-0.4, -0.2) is 13.0 Å². The van der Waals surface area contributed by atoms with Gasteiger partial charge in [-0.1, -0.05) is 0 Å². The van der Waals surface area contributed by atoms with Crippen molar-refractivity contribution in [2.75, 3.05) is 0 Å². The zero-order valence-corrected chi connectivity index (χ0v) is 21.0. The average Bonchev–Trinajstić information content (AvgIpc) is 2.88. The Morgan fingerprint density at radius 3 is 0.615 bits per heavy atom. The lowest BCUT2D eigenvalue weighted by Gasteiger charge is -2.06. The van der Waals surface area contributed by atoms with Gasteiger partial charge in [-0.2, -0.15) is 8.42 Å². The molecule has 0 fully saturated rings. The van der Waals surface area contributed by atoms with Crippen LogP contribution in [0.15, 0.2) is 4.90 Å². The molecular formula is C23H16F12O3S. The van der Waals surface area contributed by atoms with Crippen LogP contribution in [0, 0.1) is 104 Å². The predicted octanol–water partition coefficient (Wildman–Crippen LogP) is 7.52. The Morgan fingerprint density at radius 2 is 0.487 bits per heavy atom. The maximum absolute atomic E-state index is 12.9. The topological polar surface area (TPSA) is 54.4 Å². The summed E-state index contributed by atoms with van der Waals surface area (Å²) in [6, 6.07) is 0. The zero-order valence-electron chi connectivity index (χ0n) is 20.2. The first-order valence-electron chi connectivity index (χ1n) is 9.99. The lowest BCUT2D eigenvalue weighted by Crippen LogP contribution is -2.11. The van der Waals surface area contributed by atoms with Gasteiger partial charge in [-0.05, 0) is 34.6 Å². The van der Waals surface area contributed by atoms with Crippen LogP contribution >= 0.6 is 0 Å². The molecule has 0 atom stereocenters. The minimum absolute atomic E-state index is 0.629. The third-order valence-electron chi connectivity index (χ3n) is 5.11. The van der Waals surface area contributed by atoms with E-state index in [1.807, 2.05) is 0 Å². The molecule has 0 unspecified atom stereocenters. The Bertz CT molecular complexity index is 1250. The van der Waals surface area contributed by atoms with E-state index >= 15 is 0 Å². The van der Waals surface area contributed by atoms with Gasteiger partial charge in [-0.15, -0.1) is 0 Å². The van der Waals surface area contributed by atoms with Gasteiger partial charge in [0.25, 0.3) is 0 Å². The molecule has 3 nitrogen and oxygen atoms in total. The van der Waals surface area contributed by atoms with Gasteiger partial charge in [0, 0.05) is 27.8 Å². The summed E-state index contributed by atoms with van der Waals surface area (Å²) in [5.41, 5.74) is -3.52. The number of benzene rings is 3. The summed E-state index contributed by atoms with van der Waals surface area (Å²) in [4.78, 5) is -2.02. The van der Waals surface area contributed by atoms with Gasteiger partial charge in [0.2, 0.25) is 0 Å². The molecule has 0 spiro atoms. The van der Waals surface area contributed by atoms with Gasteiger partial charge in [0.1, 0.15) is 0 Å². The van der Waals surface area contributed by atoms with Gasteiger partial charge < -0.3 is 0 Å². The zero-order chi connectivity index (χ0) is 30.9. The maximum atomic E-state index is 12.9. The smallest absolute Gasteiger partial charge is 0.282 e. The minimum Gasteiger partial charge on any atom is -0.282 e. The van der Waals surface area contributed by atoms with Crippen LogP contribution in [0.5, 0.6) is 0 Å². The van der Waals surface area contributed by atoms with Gasteiger partial charge >= 0.3 is 10.1 Å². The normalized spacial score (nSPS) is 11.0. The molecule has 0 saturated carbocycles. The summed E-state index contributed by atoms with van der Waals surface area (Å²) in [5, 5.41) is 0. The van der Waals surface area contributed by atoms with Crippen LogP contribution < -0.4 is 0 Å². The van der Waals surface area contributed by atoms with Crippen LogP contribution in [0.2, 0.25) is 0 Å². The van der Waals surface area contributed by atoms with Gasteiger partial charge in [-0.3, -0.25) is 4.55 Å². The number of halogens is 12. The molecule has 0 saturated heterocycles.